The van der Waals surface area contributed by atoms with Gasteiger partial charge in [0.15, 0.2) is 0 Å². The van der Waals surface area contributed by atoms with Crippen molar-refractivity contribution in [2.45, 2.75) is 63.2 Å². The average molecular weight is 419 g/mol. The molecule has 0 aromatic heterocycles. The molecular weight excluding hydrogens is 388 g/mol. The number of nitrogens with one attached hydrogen (secondary N) is 1. The third kappa shape index (κ3) is 4.12. The van der Waals surface area contributed by atoms with Crippen LogP contribution in [0.15, 0.2) is 23.1 Å². The SMILES string of the molecule is Cc1ccc(S(=O)(=O)N2CCCCC2)cc1NC(=O)C1CC2CCCC(C1)C2=O. The van der Waals surface area contributed by atoms with Gasteiger partial charge in [0, 0.05) is 36.5 Å². The largest absolute Gasteiger partial charge is 0.326 e. The molecule has 1 saturated heterocycles. The summed E-state index contributed by atoms with van der Waals surface area (Å²) in [6, 6.07) is 4.97. The smallest absolute Gasteiger partial charge is 0.243 e. The van der Waals surface area contributed by atoms with E-state index < -0.39 is 10.0 Å². The molecule has 1 heterocycles. The van der Waals surface area contributed by atoms with Crippen molar-refractivity contribution in [2.24, 2.45) is 17.8 Å². The number of ketones is 1. The predicted molar refractivity (Wildman–Crippen MR) is 111 cm³/mol. The number of aryl methyl sites for hydroxylation is 1. The van der Waals surface area contributed by atoms with Crippen molar-refractivity contribution in [1.82, 2.24) is 4.31 Å². The topological polar surface area (TPSA) is 83.6 Å². The third-order valence-corrected chi connectivity index (χ3v) is 8.73. The lowest BCUT2D eigenvalue weighted by molar-refractivity contribution is -0.136. The molecule has 2 aliphatic carbocycles. The molecule has 158 valence electrons. The van der Waals surface area contributed by atoms with Crippen LogP contribution >= 0.6 is 0 Å². The minimum Gasteiger partial charge on any atom is -0.326 e. The molecule has 0 spiro atoms. The molecule has 7 heteroatoms. The highest BCUT2D eigenvalue weighted by molar-refractivity contribution is 7.89. The van der Waals surface area contributed by atoms with Crippen LogP contribution in [0.2, 0.25) is 0 Å². The zero-order chi connectivity index (χ0) is 20.6. The Morgan fingerprint density at radius 3 is 2.34 bits per heavy atom. The van der Waals surface area contributed by atoms with Gasteiger partial charge in [-0.25, -0.2) is 8.42 Å². The molecule has 29 heavy (non-hydrogen) atoms. The molecule has 0 radical (unpaired) electrons. The van der Waals surface area contributed by atoms with E-state index in [-0.39, 0.29) is 28.6 Å². The van der Waals surface area contributed by atoms with E-state index >= 15 is 0 Å². The van der Waals surface area contributed by atoms with Gasteiger partial charge in [-0.15, -0.1) is 0 Å². The summed E-state index contributed by atoms with van der Waals surface area (Å²) in [4.78, 5) is 25.5. The van der Waals surface area contributed by atoms with Gasteiger partial charge < -0.3 is 5.32 Å². The van der Waals surface area contributed by atoms with Crippen LogP contribution in [-0.2, 0) is 19.6 Å². The molecule has 4 rings (SSSR count). The number of carbonyl (C=O) groups is 2. The number of nitrogens with zero attached hydrogens (tertiary/aromatic N) is 1. The predicted octanol–water partition coefficient (Wildman–Crippen LogP) is 3.50. The van der Waals surface area contributed by atoms with Crippen molar-refractivity contribution in [3.63, 3.8) is 0 Å². The van der Waals surface area contributed by atoms with Gasteiger partial charge in [0.2, 0.25) is 15.9 Å². The van der Waals surface area contributed by atoms with Crippen LogP contribution in [0, 0.1) is 24.7 Å². The van der Waals surface area contributed by atoms with Gasteiger partial charge in [-0.1, -0.05) is 18.9 Å². The summed E-state index contributed by atoms with van der Waals surface area (Å²) in [7, 11) is -3.54. The fraction of sp³-hybridized carbons (Fsp3) is 0.636. The van der Waals surface area contributed by atoms with E-state index in [0.29, 0.717) is 37.4 Å². The Kier molecular flexibility index (Phi) is 5.80. The molecule has 3 aliphatic rings. The van der Waals surface area contributed by atoms with Gasteiger partial charge in [-0.2, -0.15) is 4.31 Å². The molecule has 1 N–H and O–H groups in total. The van der Waals surface area contributed by atoms with E-state index in [0.717, 1.165) is 44.1 Å². The van der Waals surface area contributed by atoms with Crippen molar-refractivity contribution >= 4 is 27.4 Å². The lowest BCUT2D eigenvalue weighted by atomic mass is 9.67. The number of benzene rings is 1. The minimum absolute atomic E-state index is 0.0187. The van der Waals surface area contributed by atoms with E-state index in [9.17, 15) is 18.0 Å². The Hall–Kier alpha value is -1.73. The standard InChI is InChI=1S/C22H30N2O4S/c1-15-8-9-19(29(27,28)24-10-3-2-4-11-24)14-20(15)23-22(26)18-12-16-6-5-7-17(13-18)21(16)25/h8-9,14,16-18H,2-7,10-13H2,1H3,(H,23,26). The van der Waals surface area contributed by atoms with E-state index in [4.69, 9.17) is 0 Å². The summed E-state index contributed by atoms with van der Waals surface area (Å²) in [5.41, 5.74) is 1.39. The van der Waals surface area contributed by atoms with Crippen LogP contribution in [0.4, 0.5) is 5.69 Å². The zero-order valence-electron chi connectivity index (χ0n) is 17.0. The van der Waals surface area contributed by atoms with Gasteiger partial charge >= 0.3 is 0 Å². The molecule has 2 bridgehead atoms. The summed E-state index contributed by atoms with van der Waals surface area (Å²) in [5.74, 6) is 0.108. The van der Waals surface area contributed by atoms with Gasteiger partial charge in [-0.05, 0) is 63.1 Å². The Labute approximate surface area is 173 Å². The monoisotopic (exact) mass is 418 g/mol. The minimum atomic E-state index is -3.54. The molecule has 1 amide bonds. The maximum absolute atomic E-state index is 13.0. The molecule has 2 saturated carbocycles. The number of fused-ring (bicyclic) bond motifs is 2. The fourth-order valence-corrected chi connectivity index (χ4v) is 6.62. The molecule has 2 atom stereocenters. The van der Waals surface area contributed by atoms with Crippen LogP contribution in [0.5, 0.6) is 0 Å². The maximum atomic E-state index is 13.0. The first-order valence-electron chi connectivity index (χ1n) is 10.8. The summed E-state index contributed by atoms with van der Waals surface area (Å²) < 4.78 is 27.5. The first-order chi connectivity index (χ1) is 13.9. The first-order valence-corrected chi connectivity index (χ1v) is 12.3. The summed E-state index contributed by atoms with van der Waals surface area (Å²) in [6.45, 7) is 2.97. The van der Waals surface area contributed by atoms with E-state index in [1.807, 2.05) is 6.92 Å². The highest BCUT2D eigenvalue weighted by Gasteiger charge is 2.41. The van der Waals surface area contributed by atoms with Gasteiger partial charge in [0.1, 0.15) is 5.78 Å². The number of rotatable bonds is 4. The third-order valence-electron chi connectivity index (χ3n) is 6.84. The molecule has 1 aliphatic heterocycles. The highest BCUT2D eigenvalue weighted by Crippen LogP contribution is 2.40. The van der Waals surface area contributed by atoms with Crippen molar-refractivity contribution in [3.8, 4) is 0 Å². The number of amides is 1. The Bertz CT molecular complexity index is 889. The molecular formula is C22H30N2O4S. The zero-order valence-corrected chi connectivity index (χ0v) is 17.8. The lowest BCUT2D eigenvalue weighted by Gasteiger charge is -2.37. The van der Waals surface area contributed by atoms with Crippen molar-refractivity contribution < 1.29 is 18.0 Å². The summed E-state index contributed by atoms with van der Waals surface area (Å²) in [5, 5.41) is 2.97. The normalized spacial score (nSPS) is 28.2. The Balaban J connectivity index is 1.51. The fourth-order valence-electron chi connectivity index (χ4n) is 5.08. The van der Waals surface area contributed by atoms with Crippen LogP contribution in [0.1, 0.15) is 56.9 Å². The number of sulfonamides is 1. The molecule has 1 aromatic carbocycles. The second-order valence-corrected chi connectivity index (χ2v) is 10.8. The van der Waals surface area contributed by atoms with Crippen molar-refractivity contribution in [3.05, 3.63) is 23.8 Å². The number of hydrogen-bond donors (Lipinski definition) is 1. The van der Waals surface area contributed by atoms with Gasteiger partial charge in [0.05, 0.1) is 4.90 Å². The second-order valence-electron chi connectivity index (χ2n) is 8.83. The van der Waals surface area contributed by atoms with Gasteiger partial charge in [-0.3, -0.25) is 9.59 Å². The Morgan fingerprint density at radius 2 is 1.69 bits per heavy atom. The summed E-state index contributed by atoms with van der Waals surface area (Å²) in [6.07, 6.45) is 6.92. The summed E-state index contributed by atoms with van der Waals surface area (Å²) >= 11 is 0. The van der Waals surface area contributed by atoms with Crippen LogP contribution < -0.4 is 5.32 Å². The van der Waals surface area contributed by atoms with Gasteiger partial charge in [0.25, 0.3) is 0 Å². The van der Waals surface area contributed by atoms with Crippen LogP contribution in [0.3, 0.4) is 0 Å². The molecule has 6 nitrogen and oxygen atoms in total. The van der Waals surface area contributed by atoms with E-state index in [2.05, 4.69) is 5.32 Å². The number of anilines is 1. The molecule has 3 fully saturated rings. The van der Waals surface area contributed by atoms with E-state index in [1.54, 1.807) is 22.5 Å². The molecule has 2 unspecified atom stereocenters. The first kappa shape index (κ1) is 20.5. The number of carbonyl (C=O) groups excluding carboxylic acids is 2. The number of piperidine rings is 1. The molecule has 1 aromatic rings. The van der Waals surface area contributed by atoms with Crippen LogP contribution in [0.25, 0.3) is 0 Å². The number of Topliss-reactive ketones (excluding diaryl/α,β-unsaturated/α-hetero) is 1. The highest BCUT2D eigenvalue weighted by atomic mass is 32.2. The second kappa shape index (κ2) is 8.19. The average Bonchev–Trinajstić information content (AvgIpc) is 2.70. The lowest BCUT2D eigenvalue weighted by Crippen LogP contribution is -2.40. The van der Waals surface area contributed by atoms with Crippen molar-refractivity contribution in [2.75, 3.05) is 18.4 Å². The van der Waals surface area contributed by atoms with Crippen molar-refractivity contribution in [1.29, 1.82) is 0 Å². The number of hydrogen-bond acceptors (Lipinski definition) is 4. The maximum Gasteiger partial charge on any atom is 0.243 e. The quantitative estimate of drug-likeness (QED) is 0.811. The Morgan fingerprint density at radius 1 is 1.03 bits per heavy atom. The van der Waals surface area contributed by atoms with E-state index in [1.165, 1.54) is 0 Å². The van der Waals surface area contributed by atoms with Crippen LogP contribution in [-0.4, -0.2) is 37.5 Å².